The molecule has 2 fully saturated rings. The molecule has 2 heterocycles. The van der Waals surface area contributed by atoms with Gasteiger partial charge in [-0.2, -0.15) is 5.10 Å². The molecule has 2 saturated carbocycles. The van der Waals surface area contributed by atoms with E-state index in [4.69, 9.17) is 21.4 Å². The Bertz CT molecular complexity index is 2060. The van der Waals surface area contributed by atoms with Crippen LogP contribution in [0.1, 0.15) is 72.8 Å². The molecule has 3 N–H and O–H groups in total. The van der Waals surface area contributed by atoms with E-state index in [0.29, 0.717) is 23.4 Å². The van der Waals surface area contributed by atoms with Crippen LogP contribution in [0.15, 0.2) is 66.9 Å². The van der Waals surface area contributed by atoms with Crippen molar-refractivity contribution < 1.29 is 32.9 Å². The molecule has 0 saturated heterocycles. The number of aliphatic hydroxyl groups is 2. The highest BCUT2D eigenvalue weighted by Gasteiger charge is 2.38. The second-order valence-electron chi connectivity index (χ2n) is 13.0. The Kier molecular flexibility index (Phi) is 7.97. The average Bonchev–Trinajstić information content (AvgIpc) is 4.00. The minimum atomic E-state index is -2.12. The number of fused-ring (bicyclic) bond motifs is 1. The van der Waals surface area contributed by atoms with Crippen molar-refractivity contribution in [3.63, 3.8) is 0 Å². The third kappa shape index (κ3) is 6.13. The molecule has 3 aromatic carbocycles. The van der Waals surface area contributed by atoms with Gasteiger partial charge in [0.05, 0.1) is 35.0 Å². The quantitative estimate of drug-likeness (QED) is 0.138. The molecule has 5 aromatic rings. The first kappa shape index (κ1) is 32.1. The molecule has 7 rings (SSSR count). The van der Waals surface area contributed by atoms with Gasteiger partial charge in [0, 0.05) is 34.3 Å². The van der Waals surface area contributed by atoms with E-state index in [1.807, 2.05) is 10.9 Å². The van der Waals surface area contributed by atoms with Gasteiger partial charge >= 0.3 is 0 Å². The molecule has 0 aliphatic heterocycles. The van der Waals surface area contributed by atoms with E-state index in [1.54, 1.807) is 42.5 Å². The number of rotatable bonds is 10. The first-order valence-electron chi connectivity index (χ1n) is 15.7. The summed E-state index contributed by atoms with van der Waals surface area (Å²) < 4.78 is 53.2. The predicted molar refractivity (Wildman–Crippen MR) is 173 cm³/mol. The maximum Gasteiger partial charge on any atom is 0.251 e. The predicted octanol–water partition coefficient (Wildman–Crippen LogP) is 6.94. The molecule has 0 radical (unpaired) electrons. The summed E-state index contributed by atoms with van der Waals surface area (Å²) in [5, 5.41) is 31.1. The second kappa shape index (κ2) is 11.9. The molecule has 12 heteroatoms. The molecule has 8 nitrogen and oxygen atoms in total. The molecule has 248 valence electrons. The molecule has 2 aliphatic carbocycles. The lowest BCUT2D eigenvalue weighted by Gasteiger charge is -2.31. The molecule has 48 heavy (non-hydrogen) atoms. The number of nitrogens with zero attached hydrogens (tertiary/aromatic N) is 3. The number of hydrogen-bond acceptors (Lipinski definition) is 6. The highest BCUT2D eigenvalue weighted by Crippen LogP contribution is 2.40. The summed E-state index contributed by atoms with van der Waals surface area (Å²) in [6, 6.07) is 14.5. The molecule has 2 aromatic heterocycles. The summed E-state index contributed by atoms with van der Waals surface area (Å²) in [6.45, 7) is 2.18. The van der Waals surface area contributed by atoms with Crippen LogP contribution in [-0.2, 0) is 11.2 Å². The van der Waals surface area contributed by atoms with E-state index in [0.717, 1.165) is 37.1 Å². The number of carbonyl (C=O) groups is 1. The number of aromatic nitrogens is 3. The first-order chi connectivity index (χ1) is 22.8. The van der Waals surface area contributed by atoms with E-state index in [2.05, 4.69) is 10.3 Å². The minimum Gasteiger partial charge on any atom is -0.488 e. The van der Waals surface area contributed by atoms with Crippen molar-refractivity contribution in [1.82, 2.24) is 20.1 Å². The Balaban J connectivity index is 1.30. The fourth-order valence-corrected chi connectivity index (χ4v) is 5.83. The number of halogens is 4. The number of carbonyl (C=O) groups excluding carboxylic acids is 1. The van der Waals surface area contributed by atoms with Gasteiger partial charge in [-0.1, -0.05) is 41.9 Å². The average molecular weight is 677 g/mol. The van der Waals surface area contributed by atoms with E-state index in [-0.39, 0.29) is 28.5 Å². The van der Waals surface area contributed by atoms with Crippen molar-refractivity contribution in [2.45, 2.75) is 62.9 Å². The lowest BCUT2D eigenvalue weighted by molar-refractivity contribution is 0.0625. The van der Waals surface area contributed by atoms with E-state index in [1.165, 1.54) is 19.9 Å². The first-order valence-corrected chi connectivity index (χ1v) is 16.0. The van der Waals surface area contributed by atoms with Crippen molar-refractivity contribution in [2.24, 2.45) is 0 Å². The monoisotopic (exact) mass is 676 g/mol. The zero-order valence-electron chi connectivity index (χ0n) is 26.1. The molecule has 1 atom stereocenters. The number of nitrogens with one attached hydrogen (secondary N) is 1. The SMILES string of the molecule is CC(C)(O)c1cc([C@@](O)(CNC(=O)c2cc(OC3CC3)c3nn(C4CC4)cc3c2)c2ccccc2)nc(-c2cc(Cl)c(F)cc2F)c1F. The zero-order valence-corrected chi connectivity index (χ0v) is 26.9. The van der Waals surface area contributed by atoms with E-state index >= 15 is 8.78 Å². The maximum absolute atomic E-state index is 16.0. The van der Waals surface area contributed by atoms with Gasteiger partial charge in [0.15, 0.2) is 5.82 Å². The summed E-state index contributed by atoms with van der Waals surface area (Å²) in [7, 11) is 0. The summed E-state index contributed by atoms with van der Waals surface area (Å²) >= 11 is 5.93. The Morgan fingerprint density at radius 3 is 2.42 bits per heavy atom. The minimum absolute atomic E-state index is 0.0605. The Labute approximate surface area is 279 Å². The van der Waals surface area contributed by atoms with Gasteiger partial charge in [-0.25, -0.2) is 18.2 Å². The number of ether oxygens (including phenoxy) is 1. The third-order valence-corrected chi connectivity index (χ3v) is 8.94. The van der Waals surface area contributed by atoms with Gasteiger partial charge in [-0.05, 0) is 69.4 Å². The van der Waals surface area contributed by atoms with Gasteiger partial charge in [0.2, 0.25) is 0 Å². The molecule has 0 bridgehead atoms. The topological polar surface area (TPSA) is 110 Å². The van der Waals surface area contributed by atoms with Crippen molar-refractivity contribution >= 4 is 28.4 Å². The van der Waals surface area contributed by atoms with Gasteiger partial charge in [0.25, 0.3) is 5.91 Å². The van der Waals surface area contributed by atoms with Crippen molar-refractivity contribution in [2.75, 3.05) is 6.54 Å². The highest BCUT2D eigenvalue weighted by atomic mass is 35.5. The molecule has 0 unspecified atom stereocenters. The molecular weight excluding hydrogens is 645 g/mol. The van der Waals surface area contributed by atoms with Gasteiger partial charge in [-0.3, -0.25) is 9.48 Å². The maximum atomic E-state index is 16.0. The smallest absolute Gasteiger partial charge is 0.251 e. The van der Waals surface area contributed by atoms with Crippen LogP contribution in [0.5, 0.6) is 5.75 Å². The van der Waals surface area contributed by atoms with Crippen LogP contribution < -0.4 is 10.1 Å². The van der Waals surface area contributed by atoms with Crippen LogP contribution >= 0.6 is 11.6 Å². The van der Waals surface area contributed by atoms with Crippen LogP contribution in [0.3, 0.4) is 0 Å². The Hall–Kier alpha value is -4.45. The Morgan fingerprint density at radius 2 is 1.75 bits per heavy atom. The van der Waals surface area contributed by atoms with Crippen LogP contribution in [0.25, 0.3) is 22.2 Å². The normalized spacial score (nSPS) is 16.2. The number of pyridine rings is 1. The molecular formula is C36H32ClF3N4O4. The number of benzene rings is 3. The van der Waals surface area contributed by atoms with Gasteiger partial charge in [-0.15, -0.1) is 0 Å². The van der Waals surface area contributed by atoms with Crippen LogP contribution in [0.4, 0.5) is 13.2 Å². The summed E-state index contributed by atoms with van der Waals surface area (Å²) in [4.78, 5) is 18.1. The van der Waals surface area contributed by atoms with E-state index < -0.39 is 57.4 Å². The van der Waals surface area contributed by atoms with Crippen LogP contribution in [0.2, 0.25) is 5.02 Å². The fourth-order valence-electron chi connectivity index (χ4n) is 5.67. The number of hydrogen-bond donors (Lipinski definition) is 3. The van der Waals surface area contributed by atoms with Crippen molar-refractivity contribution in [1.29, 1.82) is 0 Å². The van der Waals surface area contributed by atoms with Crippen LogP contribution in [-0.4, -0.2) is 43.5 Å². The lowest BCUT2D eigenvalue weighted by Crippen LogP contribution is -2.42. The number of amides is 1. The fraction of sp³-hybridized carbons (Fsp3) is 0.306. The molecule has 0 spiro atoms. The lowest BCUT2D eigenvalue weighted by atomic mass is 9.86. The highest BCUT2D eigenvalue weighted by molar-refractivity contribution is 6.31. The van der Waals surface area contributed by atoms with Gasteiger partial charge < -0.3 is 20.3 Å². The molecule has 1 amide bonds. The van der Waals surface area contributed by atoms with E-state index in [9.17, 15) is 19.4 Å². The Morgan fingerprint density at radius 1 is 1.02 bits per heavy atom. The molecule has 2 aliphatic rings. The summed E-state index contributed by atoms with van der Waals surface area (Å²) in [5.74, 6) is -3.33. The zero-order chi connectivity index (χ0) is 34.0. The summed E-state index contributed by atoms with van der Waals surface area (Å²) in [5.41, 5.74) is -4.33. The van der Waals surface area contributed by atoms with Crippen molar-refractivity contribution in [3.05, 3.63) is 112 Å². The third-order valence-electron chi connectivity index (χ3n) is 8.65. The summed E-state index contributed by atoms with van der Waals surface area (Å²) in [6.07, 6.45) is 5.86. The largest absolute Gasteiger partial charge is 0.488 e. The van der Waals surface area contributed by atoms with Crippen molar-refractivity contribution in [3.8, 4) is 17.0 Å². The van der Waals surface area contributed by atoms with Gasteiger partial charge in [0.1, 0.15) is 34.2 Å². The standard InChI is InChI=1S/C36H32ClF3N4O4/c1-35(2,46)25-15-30(42-33(31(25)40)24-14-26(37)28(39)16-27(24)38)36(47,21-6-4-3-5-7-21)18-41-34(45)19-12-20-17-44(22-8-9-22)43-32(20)29(13-19)48-23-10-11-23/h3-7,12-17,22-23,46-47H,8-11,18H2,1-2H3,(H,41,45)/t36-/m1/s1. The van der Waals surface area contributed by atoms with Crippen LogP contribution in [0, 0.1) is 17.5 Å². The second-order valence-corrected chi connectivity index (χ2v) is 13.4.